The summed E-state index contributed by atoms with van der Waals surface area (Å²) in [5.74, 6) is -2.00. The predicted octanol–water partition coefficient (Wildman–Crippen LogP) is 1.34. The lowest BCUT2D eigenvalue weighted by Crippen LogP contribution is -2.52. The molecule has 0 saturated heterocycles. The first-order valence-electron chi connectivity index (χ1n) is 12.4. The van der Waals surface area contributed by atoms with Gasteiger partial charge in [0.15, 0.2) is 5.78 Å². The fourth-order valence-electron chi connectivity index (χ4n) is 3.23. The number of hydrogen-bond donors (Lipinski definition) is 5. The lowest BCUT2D eigenvalue weighted by Gasteiger charge is -2.19. The average molecular weight is 587 g/mol. The van der Waals surface area contributed by atoms with Crippen LogP contribution in [0, 0.1) is 0 Å². The van der Waals surface area contributed by atoms with E-state index < -0.39 is 45.7 Å². The molecule has 0 aliphatic rings. The molecule has 0 aliphatic carbocycles. The summed E-state index contributed by atoms with van der Waals surface area (Å²) >= 11 is 0. The average Bonchev–Trinajstić information content (AvgIpc) is 2.97. The molecule has 0 radical (unpaired) electrons. The lowest BCUT2D eigenvalue weighted by molar-refractivity contribution is -0.139. The number of ether oxygens (including phenoxy) is 2. The molecule has 2 aromatic carbocycles. The molecule has 3 aromatic rings. The van der Waals surface area contributed by atoms with Gasteiger partial charge in [0.05, 0.1) is 12.3 Å². The summed E-state index contributed by atoms with van der Waals surface area (Å²) in [5, 5.41) is 14.3. The molecule has 14 nitrogen and oxygen atoms in total. The molecule has 1 aromatic heterocycles. The second-order valence-corrected chi connectivity index (χ2v) is 10.3. The molecule has 0 saturated carbocycles. The maximum Gasteiger partial charge on any atom is 0.408 e. The van der Waals surface area contributed by atoms with Crippen LogP contribution in [0.5, 0.6) is 5.75 Å². The number of benzene rings is 2. The van der Waals surface area contributed by atoms with Gasteiger partial charge in [-0.15, -0.1) is 0 Å². The maximum atomic E-state index is 13.3. The topological polar surface area (TPSA) is 198 Å². The van der Waals surface area contributed by atoms with E-state index in [0.717, 1.165) is 0 Å². The van der Waals surface area contributed by atoms with E-state index in [1.54, 1.807) is 48.8 Å². The molecular formula is C26H30N6O8S. The Hall–Kier alpha value is -4.60. The van der Waals surface area contributed by atoms with Gasteiger partial charge in [0.2, 0.25) is 16.0 Å². The summed E-state index contributed by atoms with van der Waals surface area (Å²) in [7, 11) is -4.28. The predicted molar refractivity (Wildman–Crippen MR) is 147 cm³/mol. The van der Waals surface area contributed by atoms with E-state index in [0.29, 0.717) is 23.8 Å². The fourth-order valence-corrected chi connectivity index (χ4v) is 4.34. The van der Waals surface area contributed by atoms with E-state index in [2.05, 4.69) is 26.0 Å². The summed E-state index contributed by atoms with van der Waals surface area (Å²) < 4.78 is 36.0. The van der Waals surface area contributed by atoms with Crippen molar-refractivity contribution in [3.63, 3.8) is 0 Å². The highest BCUT2D eigenvalue weighted by atomic mass is 32.2. The summed E-state index contributed by atoms with van der Waals surface area (Å²) in [6.45, 7) is 1.81. The summed E-state index contributed by atoms with van der Waals surface area (Å²) in [6.07, 6.45) is 2.20. The van der Waals surface area contributed by atoms with Gasteiger partial charge in [0, 0.05) is 18.0 Å². The third kappa shape index (κ3) is 10.8. The number of hydrazine groups is 1. The standard InChI is InChI=1S/C26H30N6O8S/c1-18(24(34)35)31-32-41(37,38)17-22(30-26(36)40-16-19-6-3-2-4-7-19)23(33)20-8-10-21(11-9-20)39-15-14-29-25-27-12-5-13-28-25/h2-13,18,22,31-32H,14-17H2,1H3,(H,30,36)(H,34,35)(H,27,28,29)/t18-,22?/m0/s1. The minimum Gasteiger partial charge on any atom is -0.492 e. The van der Waals surface area contributed by atoms with Crippen molar-refractivity contribution in [2.24, 2.45) is 0 Å². The largest absolute Gasteiger partial charge is 0.492 e. The van der Waals surface area contributed by atoms with Crippen molar-refractivity contribution in [3.8, 4) is 5.75 Å². The van der Waals surface area contributed by atoms with Crippen molar-refractivity contribution in [1.82, 2.24) is 25.5 Å². The van der Waals surface area contributed by atoms with E-state index in [4.69, 9.17) is 14.6 Å². The van der Waals surface area contributed by atoms with Crippen LogP contribution >= 0.6 is 0 Å². The molecular weight excluding hydrogens is 556 g/mol. The van der Waals surface area contributed by atoms with Crippen LogP contribution < -0.4 is 25.6 Å². The molecule has 0 spiro atoms. The number of Topliss-reactive ketones (excluding diaryl/α,β-unsaturated/α-hetero) is 1. The Morgan fingerprint density at radius 3 is 2.32 bits per heavy atom. The van der Waals surface area contributed by atoms with Gasteiger partial charge >= 0.3 is 12.1 Å². The molecule has 1 heterocycles. The Morgan fingerprint density at radius 2 is 1.66 bits per heavy atom. The normalized spacial score (nSPS) is 12.5. The number of hydrogen-bond acceptors (Lipinski definition) is 11. The molecule has 0 bridgehead atoms. The highest BCUT2D eigenvalue weighted by Crippen LogP contribution is 2.15. The molecule has 2 atom stereocenters. The number of aromatic nitrogens is 2. The zero-order chi connectivity index (χ0) is 29.7. The maximum absolute atomic E-state index is 13.3. The number of carboxylic acid groups (broad SMARTS) is 1. The van der Waals surface area contributed by atoms with Crippen LogP contribution in [0.15, 0.2) is 73.1 Å². The van der Waals surface area contributed by atoms with E-state index in [9.17, 15) is 22.8 Å². The number of anilines is 1. The second-order valence-electron chi connectivity index (χ2n) is 8.58. The Kier molecular flexibility index (Phi) is 11.5. The molecule has 3 rings (SSSR count). The van der Waals surface area contributed by atoms with Gasteiger partial charge in [-0.3, -0.25) is 9.59 Å². The SMILES string of the molecule is C[C@H](NNS(=O)(=O)CC(NC(=O)OCc1ccccc1)C(=O)c1ccc(OCCNc2ncccn2)cc1)C(=O)O. The summed E-state index contributed by atoms with van der Waals surface area (Å²) in [5.41, 5.74) is 2.92. The Bertz CT molecular complexity index is 1390. The molecule has 218 valence electrons. The Balaban J connectivity index is 1.63. The summed E-state index contributed by atoms with van der Waals surface area (Å²) in [4.78, 5) is 46.7. The van der Waals surface area contributed by atoms with Crippen molar-refractivity contribution in [2.45, 2.75) is 25.6 Å². The molecule has 15 heteroatoms. The number of rotatable bonds is 16. The van der Waals surface area contributed by atoms with Crippen molar-refractivity contribution in [1.29, 1.82) is 0 Å². The molecule has 0 fully saturated rings. The van der Waals surface area contributed by atoms with Crippen molar-refractivity contribution < 1.29 is 37.4 Å². The summed E-state index contributed by atoms with van der Waals surface area (Å²) in [6, 6.07) is 13.6. The van der Waals surface area contributed by atoms with Gasteiger partial charge in [0.1, 0.15) is 31.0 Å². The van der Waals surface area contributed by atoms with E-state index >= 15 is 0 Å². The third-order valence-electron chi connectivity index (χ3n) is 5.37. The molecule has 5 N–H and O–H groups in total. The number of nitrogens with one attached hydrogen (secondary N) is 4. The fraction of sp³-hybridized carbons (Fsp3) is 0.269. The van der Waals surface area contributed by atoms with E-state index in [1.807, 2.05) is 4.83 Å². The number of nitrogens with zero attached hydrogens (tertiary/aromatic N) is 2. The second kappa shape index (κ2) is 15.3. The van der Waals surface area contributed by atoms with Gasteiger partial charge in [0.25, 0.3) is 0 Å². The minimum absolute atomic E-state index is 0.101. The van der Waals surface area contributed by atoms with Crippen LogP contribution in [0.3, 0.4) is 0 Å². The van der Waals surface area contributed by atoms with Crippen LogP contribution in [-0.2, 0) is 26.2 Å². The number of alkyl carbamates (subject to hydrolysis) is 1. The first-order chi connectivity index (χ1) is 19.6. The minimum atomic E-state index is -4.28. The number of aliphatic carboxylic acids is 1. The number of sulfonamides is 1. The van der Waals surface area contributed by atoms with Crippen LogP contribution in [0.25, 0.3) is 0 Å². The Labute approximate surface area is 236 Å². The van der Waals surface area contributed by atoms with Crippen molar-refractivity contribution in [2.75, 3.05) is 24.2 Å². The van der Waals surface area contributed by atoms with Gasteiger partial charge in [-0.25, -0.2) is 28.6 Å². The first-order valence-corrected chi connectivity index (χ1v) is 14.0. The monoisotopic (exact) mass is 586 g/mol. The number of ketones is 1. The smallest absolute Gasteiger partial charge is 0.408 e. The van der Waals surface area contributed by atoms with Gasteiger partial charge in [-0.2, -0.15) is 4.83 Å². The highest BCUT2D eigenvalue weighted by Gasteiger charge is 2.29. The van der Waals surface area contributed by atoms with Crippen molar-refractivity contribution in [3.05, 3.63) is 84.2 Å². The number of carbonyl (C=O) groups is 3. The van der Waals surface area contributed by atoms with Gasteiger partial charge in [-0.1, -0.05) is 30.3 Å². The zero-order valence-corrected chi connectivity index (χ0v) is 22.8. The number of amides is 1. The van der Waals surface area contributed by atoms with E-state index in [-0.39, 0.29) is 18.8 Å². The van der Waals surface area contributed by atoms with Crippen LogP contribution in [0.1, 0.15) is 22.8 Å². The van der Waals surface area contributed by atoms with Gasteiger partial charge in [-0.05, 0) is 42.8 Å². The van der Waals surface area contributed by atoms with Crippen LogP contribution in [0.4, 0.5) is 10.7 Å². The number of carbonyl (C=O) groups excluding carboxylic acids is 2. The van der Waals surface area contributed by atoms with Crippen molar-refractivity contribution >= 4 is 33.8 Å². The quantitative estimate of drug-likeness (QED) is 0.0918. The first kappa shape index (κ1) is 30.9. The Morgan fingerprint density at radius 1 is 0.976 bits per heavy atom. The van der Waals surface area contributed by atoms with E-state index in [1.165, 1.54) is 31.2 Å². The molecule has 41 heavy (non-hydrogen) atoms. The lowest BCUT2D eigenvalue weighted by atomic mass is 10.1. The molecule has 1 unspecified atom stereocenters. The molecule has 0 aliphatic heterocycles. The molecule has 1 amide bonds. The van der Waals surface area contributed by atoms with Gasteiger partial charge < -0.3 is 25.2 Å². The zero-order valence-electron chi connectivity index (χ0n) is 22.0. The van der Waals surface area contributed by atoms with Crippen LogP contribution in [-0.4, -0.2) is 72.3 Å². The number of carboxylic acids is 1. The highest BCUT2D eigenvalue weighted by molar-refractivity contribution is 7.89. The van der Waals surface area contributed by atoms with Crippen LogP contribution in [0.2, 0.25) is 0 Å². The third-order valence-corrected chi connectivity index (χ3v) is 6.57.